The third-order valence-electron chi connectivity index (χ3n) is 8.07. The van der Waals surface area contributed by atoms with Gasteiger partial charge in [0, 0.05) is 26.1 Å². The van der Waals surface area contributed by atoms with Crippen LogP contribution < -0.4 is 20.3 Å². The zero-order valence-electron chi connectivity index (χ0n) is 30.1. The van der Waals surface area contributed by atoms with Crippen molar-refractivity contribution in [2.75, 3.05) is 13.1 Å². The van der Waals surface area contributed by atoms with Crippen LogP contribution in [-0.2, 0) is 41.9 Å². The lowest BCUT2D eigenvalue weighted by Gasteiger charge is -2.22. The van der Waals surface area contributed by atoms with Crippen LogP contribution in [0.25, 0.3) is 0 Å². The number of rotatable bonds is 13. The summed E-state index contributed by atoms with van der Waals surface area (Å²) in [6.45, 7) is 18.3. The van der Waals surface area contributed by atoms with E-state index in [1.165, 1.54) is 33.4 Å². The van der Waals surface area contributed by atoms with Gasteiger partial charge in [0.1, 0.15) is 30.7 Å². The molecule has 0 spiro atoms. The highest BCUT2D eigenvalue weighted by atomic mass is 19.4. The van der Waals surface area contributed by atoms with E-state index in [1.54, 1.807) is 0 Å². The monoisotopic (exact) mass is 692 g/mol. The summed E-state index contributed by atoms with van der Waals surface area (Å²) in [5, 5.41) is 8.78. The van der Waals surface area contributed by atoms with Crippen LogP contribution in [0.5, 0.6) is 11.5 Å². The molecule has 0 radical (unpaired) electrons. The average Bonchev–Trinajstić information content (AvgIpc) is 3.06. The Morgan fingerprint density at radius 2 is 0.940 bits per heavy atom. The van der Waals surface area contributed by atoms with Gasteiger partial charge in [-0.25, -0.2) is 0 Å². The Labute approximate surface area is 295 Å². The van der Waals surface area contributed by atoms with Gasteiger partial charge in [-0.05, 0) is 68.5 Å². The Bertz CT molecular complexity index is 1480. The number of aliphatic carboxylic acids is 1. The Morgan fingerprint density at radius 3 is 1.22 bits per heavy atom. The van der Waals surface area contributed by atoms with Gasteiger partial charge in [-0.2, -0.15) is 13.2 Å². The Hall–Kier alpha value is -4.34. The molecule has 0 aliphatic heterocycles. The van der Waals surface area contributed by atoms with Crippen LogP contribution >= 0.6 is 0 Å². The molecule has 6 nitrogen and oxygen atoms in total. The predicted octanol–water partition coefficient (Wildman–Crippen LogP) is 7.37. The first-order valence-electron chi connectivity index (χ1n) is 16.9. The molecule has 0 aromatic heterocycles. The highest BCUT2D eigenvalue weighted by Crippen LogP contribution is 2.25. The molecular formula is C41H51F3N2O4. The molecule has 0 unspecified atom stereocenters. The number of ether oxygens (including phenoxy) is 2. The lowest BCUT2D eigenvalue weighted by Crippen LogP contribution is -2.51. The lowest BCUT2D eigenvalue weighted by atomic mass is 9.87. The van der Waals surface area contributed by atoms with E-state index >= 15 is 0 Å². The quantitative estimate of drug-likeness (QED) is 0.158. The molecule has 0 saturated heterocycles. The van der Waals surface area contributed by atoms with Crippen molar-refractivity contribution in [3.8, 4) is 11.5 Å². The minimum atomic E-state index is -5.19. The Kier molecular flexibility index (Phi) is 14.5. The molecule has 0 atom stereocenters. The van der Waals surface area contributed by atoms with Crippen LogP contribution in [0.4, 0.5) is 13.2 Å². The van der Waals surface area contributed by atoms with Gasteiger partial charge in [-0.1, -0.05) is 114 Å². The minimum absolute atomic E-state index is 0.161. The molecule has 0 heterocycles. The predicted molar refractivity (Wildman–Crippen MR) is 189 cm³/mol. The van der Waals surface area contributed by atoms with Gasteiger partial charge in [0.25, 0.3) is 0 Å². The highest BCUT2D eigenvalue weighted by Gasteiger charge is 2.28. The van der Waals surface area contributed by atoms with E-state index in [2.05, 4.69) is 149 Å². The van der Waals surface area contributed by atoms with Crippen molar-refractivity contribution >= 4 is 5.97 Å². The molecule has 0 saturated carbocycles. The maximum absolute atomic E-state index is 10.5. The first-order chi connectivity index (χ1) is 23.4. The average molecular weight is 693 g/mol. The lowest BCUT2D eigenvalue weighted by molar-refractivity contribution is -0.368. The van der Waals surface area contributed by atoms with Crippen LogP contribution in [-0.4, -0.2) is 30.1 Å². The molecule has 270 valence electrons. The van der Waals surface area contributed by atoms with Crippen LogP contribution in [0.1, 0.15) is 81.3 Å². The molecule has 0 aliphatic carbocycles. The second-order valence-corrected chi connectivity index (χ2v) is 14.5. The van der Waals surface area contributed by atoms with Crippen molar-refractivity contribution in [3.63, 3.8) is 0 Å². The van der Waals surface area contributed by atoms with Crippen molar-refractivity contribution in [2.24, 2.45) is 0 Å². The summed E-state index contributed by atoms with van der Waals surface area (Å²) in [7, 11) is 0. The Balaban J connectivity index is 0.000000872. The maximum Gasteiger partial charge on any atom is 0.430 e. The normalized spacial score (nSPS) is 11.9. The fraction of sp³-hybridized carbons (Fsp3) is 0.390. The fourth-order valence-electron chi connectivity index (χ4n) is 4.98. The summed E-state index contributed by atoms with van der Waals surface area (Å²) in [4.78, 5) is 11.3. The maximum atomic E-state index is 10.5. The molecular weight excluding hydrogens is 641 g/mol. The van der Waals surface area contributed by atoms with Crippen molar-refractivity contribution < 1.29 is 38.3 Å². The largest absolute Gasteiger partial charge is 0.542 e. The molecule has 0 bridgehead atoms. The number of alkyl halides is 3. The molecule has 4 aromatic carbocycles. The third-order valence-corrected chi connectivity index (χ3v) is 8.07. The SMILES string of the molecule is CC(C)(C)c1ccc(COc2ccc(CN(CCC[NH3+])Cc3ccc(OCc4ccc(C(C)(C)C)cc4)cc3)cc2)cc1.O=C([O-])C(F)(F)F. The van der Waals surface area contributed by atoms with Gasteiger partial charge in [-0.3, -0.25) is 4.90 Å². The van der Waals surface area contributed by atoms with Crippen LogP contribution in [0.3, 0.4) is 0 Å². The number of carbonyl (C=O) groups is 1. The number of carboxylic acid groups (broad SMARTS) is 1. The minimum Gasteiger partial charge on any atom is -0.542 e. The summed E-state index contributed by atoms with van der Waals surface area (Å²) in [5.41, 5.74) is 12.0. The first kappa shape index (κ1) is 40.1. The van der Waals surface area contributed by atoms with Crippen molar-refractivity contribution in [1.29, 1.82) is 0 Å². The van der Waals surface area contributed by atoms with Crippen LogP contribution in [0, 0.1) is 0 Å². The van der Waals surface area contributed by atoms with E-state index in [1.807, 2.05) is 0 Å². The van der Waals surface area contributed by atoms with E-state index in [0.29, 0.717) is 13.2 Å². The fourth-order valence-corrected chi connectivity index (χ4v) is 4.98. The van der Waals surface area contributed by atoms with Gasteiger partial charge in [0.2, 0.25) is 0 Å². The van der Waals surface area contributed by atoms with E-state index in [-0.39, 0.29) is 10.8 Å². The van der Waals surface area contributed by atoms with Crippen LogP contribution in [0.2, 0.25) is 0 Å². The summed E-state index contributed by atoms with van der Waals surface area (Å²) in [6.07, 6.45) is -4.12. The van der Waals surface area contributed by atoms with Crippen molar-refractivity contribution in [2.45, 2.75) is 91.3 Å². The number of carbonyl (C=O) groups excluding carboxylic acids is 1. The number of hydrogen-bond acceptors (Lipinski definition) is 5. The number of carboxylic acids is 1. The highest BCUT2D eigenvalue weighted by molar-refractivity contribution is 5.70. The zero-order chi connectivity index (χ0) is 37.0. The van der Waals surface area contributed by atoms with Gasteiger partial charge >= 0.3 is 6.18 Å². The number of hydrogen-bond donors (Lipinski definition) is 1. The Morgan fingerprint density at radius 1 is 0.620 bits per heavy atom. The topological polar surface area (TPSA) is 89.5 Å². The molecule has 0 fully saturated rings. The third kappa shape index (κ3) is 13.9. The zero-order valence-corrected chi connectivity index (χ0v) is 30.1. The van der Waals surface area contributed by atoms with E-state index in [9.17, 15) is 13.2 Å². The summed E-state index contributed by atoms with van der Waals surface area (Å²) < 4.78 is 43.7. The number of benzene rings is 4. The smallest absolute Gasteiger partial charge is 0.430 e. The van der Waals surface area contributed by atoms with Gasteiger partial charge in [-0.15, -0.1) is 0 Å². The van der Waals surface area contributed by atoms with E-state index in [4.69, 9.17) is 19.4 Å². The van der Waals surface area contributed by atoms with Gasteiger partial charge in [0.05, 0.1) is 6.54 Å². The molecule has 0 aliphatic rings. The molecule has 4 rings (SSSR count). The molecule has 3 N–H and O–H groups in total. The first-order valence-corrected chi connectivity index (χ1v) is 16.9. The number of halogens is 3. The van der Waals surface area contributed by atoms with Gasteiger partial charge < -0.3 is 25.1 Å². The van der Waals surface area contributed by atoms with E-state index < -0.39 is 12.1 Å². The summed E-state index contributed by atoms with van der Waals surface area (Å²) in [6, 6.07) is 34.5. The summed E-state index contributed by atoms with van der Waals surface area (Å²) >= 11 is 0. The molecule has 50 heavy (non-hydrogen) atoms. The second-order valence-electron chi connectivity index (χ2n) is 14.5. The van der Waals surface area contributed by atoms with Crippen LogP contribution in [0.15, 0.2) is 97.1 Å². The van der Waals surface area contributed by atoms with Crippen molar-refractivity contribution in [3.05, 3.63) is 130 Å². The number of nitrogens with zero attached hydrogens (tertiary/aromatic N) is 1. The second kappa shape index (κ2) is 18.1. The standard InChI is InChI=1S/C39H50N2O2.C2HF3O2/c1-38(2,3)34-16-8-32(9-17-34)28-42-36-20-12-30(13-21-36)26-41(25-7-24-40)27-31-14-22-37(23-15-31)43-29-33-10-18-35(19-11-33)39(4,5)6;3-2(4,5)1(6)7/h8-23H,7,24-29,40H2,1-6H3;(H,6,7). The molecule has 4 aromatic rings. The van der Waals surface area contributed by atoms with Gasteiger partial charge in [0.15, 0.2) is 0 Å². The molecule has 9 heteroatoms. The van der Waals surface area contributed by atoms with E-state index in [0.717, 1.165) is 44.1 Å². The molecule has 0 amide bonds. The summed E-state index contributed by atoms with van der Waals surface area (Å²) in [5.74, 6) is -1.21. The number of quaternary nitrogens is 1. The van der Waals surface area contributed by atoms with Crippen molar-refractivity contribution in [1.82, 2.24) is 4.90 Å².